The van der Waals surface area contributed by atoms with Crippen LogP contribution in [-0.4, -0.2) is 30.7 Å². The average Bonchev–Trinajstić information content (AvgIpc) is 3.05. The van der Waals surface area contributed by atoms with Gasteiger partial charge in [-0.15, -0.1) is 0 Å². The molecule has 0 radical (unpaired) electrons. The van der Waals surface area contributed by atoms with Gasteiger partial charge in [-0.05, 0) is 38.8 Å². The second kappa shape index (κ2) is 7.18. The van der Waals surface area contributed by atoms with E-state index in [4.69, 9.17) is 8.92 Å². The lowest BCUT2D eigenvalue weighted by Crippen LogP contribution is -2.33. The molecule has 3 rings (SSSR count). The van der Waals surface area contributed by atoms with E-state index in [1.165, 1.54) is 22.9 Å². The van der Waals surface area contributed by atoms with E-state index < -0.39 is 33.7 Å². The average molecular weight is 380 g/mol. The van der Waals surface area contributed by atoms with Crippen LogP contribution >= 0.6 is 0 Å². The zero-order valence-electron chi connectivity index (χ0n) is 14.5. The molecule has 2 atom stereocenters. The highest BCUT2D eigenvalue weighted by Gasteiger charge is 2.29. The first-order valence-corrected chi connectivity index (χ1v) is 9.61. The molecule has 2 aromatic rings. The van der Waals surface area contributed by atoms with E-state index in [-0.39, 0.29) is 11.5 Å². The van der Waals surface area contributed by atoms with Gasteiger partial charge in [-0.1, -0.05) is 17.7 Å². The summed E-state index contributed by atoms with van der Waals surface area (Å²) >= 11 is 0. The Kier molecular flexibility index (Phi) is 5.12. The summed E-state index contributed by atoms with van der Waals surface area (Å²) in [4.78, 5) is 25.7. The predicted octanol–water partition coefficient (Wildman–Crippen LogP) is 1.24. The number of benzene rings is 1. The van der Waals surface area contributed by atoms with Crippen molar-refractivity contribution in [3.05, 3.63) is 62.4 Å². The molecule has 1 aromatic heterocycles. The summed E-state index contributed by atoms with van der Waals surface area (Å²) in [6.45, 7) is 3.33. The minimum Gasteiger partial charge on any atom is -0.352 e. The molecule has 1 saturated heterocycles. The fourth-order valence-corrected chi connectivity index (χ4v) is 3.69. The van der Waals surface area contributed by atoms with Crippen LogP contribution in [0, 0.1) is 13.8 Å². The van der Waals surface area contributed by atoms with Crippen molar-refractivity contribution in [1.82, 2.24) is 9.55 Å². The first kappa shape index (κ1) is 18.6. The Balaban J connectivity index is 1.65. The van der Waals surface area contributed by atoms with Crippen molar-refractivity contribution in [2.75, 3.05) is 6.61 Å². The van der Waals surface area contributed by atoms with E-state index >= 15 is 0 Å². The maximum absolute atomic E-state index is 12.2. The fourth-order valence-electron chi connectivity index (χ4n) is 2.75. The molecule has 26 heavy (non-hydrogen) atoms. The molecule has 0 amide bonds. The molecule has 140 valence electrons. The van der Waals surface area contributed by atoms with Crippen molar-refractivity contribution in [3.63, 3.8) is 0 Å². The lowest BCUT2D eigenvalue weighted by atomic mass is 10.2. The van der Waals surface area contributed by atoms with Crippen LogP contribution in [0.1, 0.15) is 30.2 Å². The first-order valence-electron chi connectivity index (χ1n) is 8.20. The van der Waals surface area contributed by atoms with Crippen LogP contribution in [0.15, 0.2) is 44.9 Å². The van der Waals surface area contributed by atoms with Gasteiger partial charge in [0.25, 0.3) is 15.7 Å². The second-order valence-corrected chi connectivity index (χ2v) is 7.94. The van der Waals surface area contributed by atoms with Gasteiger partial charge in [0, 0.05) is 11.8 Å². The summed E-state index contributed by atoms with van der Waals surface area (Å²) < 4.78 is 36.6. The summed E-state index contributed by atoms with van der Waals surface area (Å²) in [7, 11) is -3.86. The highest BCUT2D eigenvalue weighted by atomic mass is 32.2. The minimum atomic E-state index is -3.86. The number of ether oxygens (including phenoxy) is 1. The molecule has 0 aliphatic carbocycles. The Hall–Kier alpha value is -2.23. The third-order valence-corrected chi connectivity index (χ3v) is 5.56. The lowest BCUT2D eigenvalue weighted by molar-refractivity contribution is -0.0191. The summed E-state index contributed by atoms with van der Waals surface area (Å²) in [6, 6.07) is 6.38. The van der Waals surface area contributed by atoms with Crippen molar-refractivity contribution in [1.29, 1.82) is 0 Å². The summed E-state index contributed by atoms with van der Waals surface area (Å²) in [6.07, 6.45) is 1.48. The molecular formula is C17H20N2O6S. The number of nitrogens with one attached hydrogen (secondary N) is 1. The first-order chi connectivity index (χ1) is 12.3. The molecule has 8 nitrogen and oxygen atoms in total. The number of rotatable bonds is 5. The number of aryl methyl sites for hydroxylation is 2. The topological polar surface area (TPSA) is 107 Å². The van der Waals surface area contributed by atoms with Crippen LogP contribution in [0.5, 0.6) is 0 Å². The fraction of sp³-hybridized carbons (Fsp3) is 0.412. The van der Waals surface area contributed by atoms with Crippen LogP contribution in [0.3, 0.4) is 0 Å². The largest absolute Gasteiger partial charge is 0.352 e. The SMILES string of the molecule is Cc1ccc(S(=O)(=O)OC[C@@H]2CC[C@H](n3cc(C)c(=O)[nH]c3=O)O2)cc1. The normalized spacial score (nSPS) is 20.4. The van der Waals surface area contributed by atoms with Crippen molar-refractivity contribution >= 4 is 10.1 Å². The maximum Gasteiger partial charge on any atom is 0.330 e. The van der Waals surface area contributed by atoms with E-state index in [0.717, 1.165) is 5.56 Å². The Morgan fingerprint density at radius 1 is 1.19 bits per heavy atom. The molecule has 0 saturated carbocycles. The van der Waals surface area contributed by atoms with Crippen molar-refractivity contribution in [2.24, 2.45) is 0 Å². The molecule has 9 heteroatoms. The van der Waals surface area contributed by atoms with Crippen molar-refractivity contribution in [2.45, 2.75) is 43.9 Å². The van der Waals surface area contributed by atoms with Crippen LogP contribution in [-0.2, 0) is 19.0 Å². The van der Waals surface area contributed by atoms with Gasteiger partial charge in [0.1, 0.15) is 6.23 Å². The zero-order valence-corrected chi connectivity index (χ0v) is 15.3. The van der Waals surface area contributed by atoms with Gasteiger partial charge < -0.3 is 4.74 Å². The molecule has 1 aliphatic heterocycles. The summed E-state index contributed by atoms with van der Waals surface area (Å²) in [5.41, 5.74) is 0.357. The van der Waals surface area contributed by atoms with Gasteiger partial charge in [-0.3, -0.25) is 18.5 Å². The van der Waals surface area contributed by atoms with E-state index in [1.54, 1.807) is 19.1 Å². The Morgan fingerprint density at radius 2 is 1.88 bits per heavy atom. The number of aromatic amines is 1. The van der Waals surface area contributed by atoms with Gasteiger partial charge >= 0.3 is 5.69 Å². The predicted molar refractivity (Wildman–Crippen MR) is 93.5 cm³/mol. The number of H-pyrrole nitrogens is 1. The van der Waals surface area contributed by atoms with Crippen LogP contribution in [0.2, 0.25) is 0 Å². The Morgan fingerprint density at radius 3 is 2.58 bits per heavy atom. The minimum absolute atomic E-state index is 0.0881. The van der Waals surface area contributed by atoms with Crippen LogP contribution < -0.4 is 11.2 Å². The van der Waals surface area contributed by atoms with Crippen LogP contribution in [0.4, 0.5) is 0 Å². The Labute approximate surface area is 150 Å². The monoisotopic (exact) mass is 380 g/mol. The number of nitrogens with zero attached hydrogens (tertiary/aromatic N) is 1. The highest BCUT2D eigenvalue weighted by Crippen LogP contribution is 2.28. The van der Waals surface area contributed by atoms with Gasteiger partial charge in [-0.25, -0.2) is 4.79 Å². The molecule has 1 aliphatic rings. The molecule has 1 N–H and O–H groups in total. The quantitative estimate of drug-likeness (QED) is 0.782. The number of hydrogen-bond donors (Lipinski definition) is 1. The molecule has 2 heterocycles. The van der Waals surface area contributed by atoms with Gasteiger partial charge in [0.05, 0.1) is 17.6 Å². The van der Waals surface area contributed by atoms with Gasteiger partial charge in [0.2, 0.25) is 0 Å². The highest BCUT2D eigenvalue weighted by molar-refractivity contribution is 7.86. The third kappa shape index (κ3) is 3.95. The molecule has 0 bridgehead atoms. The molecular weight excluding hydrogens is 360 g/mol. The smallest absolute Gasteiger partial charge is 0.330 e. The summed E-state index contributed by atoms with van der Waals surface area (Å²) in [5, 5.41) is 0. The third-order valence-electron chi connectivity index (χ3n) is 4.26. The maximum atomic E-state index is 12.2. The molecule has 0 unspecified atom stereocenters. The van der Waals surface area contributed by atoms with Gasteiger partial charge in [-0.2, -0.15) is 8.42 Å². The number of hydrogen-bond acceptors (Lipinski definition) is 6. The van der Waals surface area contributed by atoms with E-state index in [2.05, 4.69) is 4.98 Å². The van der Waals surface area contributed by atoms with E-state index in [1.807, 2.05) is 6.92 Å². The standard InChI is InChI=1S/C17H20N2O6S/c1-11-3-6-14(7-4-11)26(22,23)24-10-13-5-8-15(25-13)19-9-12(2)16(20)18-17(19)21/h3-4,6-7,9,13,15H,5,8,10H2,1-2H3,(H,18,20,21)/t13-,15+/m0/s1. The Bertz CT molecular complexity index is 1010. The molecule has 1 fully saturated rings. The van der Waals surface area contributed by atoms with Crippen molar-refractivity contribution < 1.29 is 17.3 Å². The molecule has 0 spiro atoms. The van der Waals surface area contributed by atoms with Gasteiger partial charge in [0.15, 0.2) is 0 Å². The van der Waals surface area contributed by atoms with Crippen molar-refractivity contribution in [3.8, 4) is 0 Å². The van der Waals surface area contributed by atoms with Crippen LogP contribution in [0.25, 0.3) is 0 Å². The second-order valence-electron chi connectivity index (χ2n) is 6.32. The molecule has 1 aromatic carbocycles. The van der Waals surface area contributed by atoms with E-state index in [9.17, 15) is 18.0 Å². The zero-order chi connectivity index (χ0) is 18.9. The number of aromatic nitrogens is 2. The van der Waals surface area contributed by atoms with E-state index in [0.29, 0.717) is 18.4 Å². The lowest BCUT2D eigenvalue weighted by Gasteiger charge is -2.16. The summed E-state index contributed by atoms with van der Waals surface area (Å²) in [5.74, 6) is 0.